The van der Waals surface area contributed by atoms with Gasteiger partial charge in [-0.3, -0.25) is 14.9 Å². The monoisotopic (exact) mass is 391 g/mol. The third-order valence-corrected chi connectivity index (χ3v) is 3.53. The molecule has 0 fully saturated rings. The number of nitrogens with zero attached hydrogens (tertiary/aromatic N) is 1. The molecule has 25 heavy (non-hydrogen) atoms. The van der Waals surface area contributed by atoms with Crippen molar-refractivity contribution < 1.29 is 27.6 Å². The molecule has 0 unspecified atom stereocenters. The van der Waals surface area contributed by atoms with Gasteiger partial charge in [0.05, 0.1) is 15.5 Å². The van der Waals surface area contributed by atoms with Gasteiger partial charge in [-0.15, -0.1) is 12.6 Å². The third-order valence-electron chi connectivity index (χ3n) is 3.08. The van der Waals surface area contributed by atoms with E-state index in [0.29, 0.717) is 6.07 Å². The molecular formula is C15H9ClF3NO4S. The van der Waals surface area contributed by atoms with Crippen molar-refractivity contribution in [3.05, 3.63) is 62.7 Å². The second-order valence-electron chi connectivity index (χ2n) is 4.86. The first kappa shape index (κ1) is 19.1. The molecule has 2 aromatic carbocycles. The van der Waals surface area contributed by atoms with Gasteiger partial charge in [0, 0.05) is 18.1 Å². The van der Waals surface area contributed by atoms with E-state index in [1.54, 1.807) is 0 Å². The summed E-state index contributed by atoms with van der Waals surface area (Å²) in [5.41, 5.74) is -1.17. The molecule has 0 radical (unpaired) electrons. The Morgan fingerprint density at radius 1 is 1.24 bits per heavy atom. The van der Waals surface area contributed by atoms with Crippen LogP contribution in [0.4, 0.5) is 18.9 Å². The zero-order valence-corrected chi connectivity index (χ0v) is 13.9. The molecule has 0 saturated heterocycles. The summed E-state index contributed by atoms with van der Waals surface area (Å²) in [7, 11) is 0. The summed E-state index contributed by atoms with van der Waals surface area (Å²) in [6.07, 6.45) is -4.85. The lowest BCUT2D eigenvalue weighted by Gasteiger charge is -2.12. The molecule has 0 aromatic heterocycles. The number of nitro groups is 1. The summed E-state index contributed by atoms with van der Waals surface area (Å²) in [6.45, 7) is 0. The van der Waals surface area contributed by atoms with Gasteiger partial charge in [-0.05, 0) is 30.3 Å². The first-order chi connectivity index (χ1) is 11.6. The minimum atomic E-state index is -4.55. The summed E-state index contributed by atoms with van der Waals surface area (Å²) < 4.78 is 43.2. The summed E-state index contributed by atoms with van der Waals surface area (Å²) in [6, 6.07) is 6.15. The number of rotatable bonds is 5. The molecule has 0 atom stereocenters. The van der Waals surface area contributed by atoms with Gasteiger partial charge < -0.3 is 4.74 Å². The number of ether oxygens (including phenoxy) is 1. The standard InChI is InChI=1S/C15H9ClF3NO4S/c16-11-7-9(15(17,18)19)1-4-13(11)24-10-2-3-12(20(22)23)8(5-10)6-14(21)25/h1-5,7H,6H2,(H,21,25). The van der Waals surface area contributed by atoms with Crippen LogP contribution < -0.4 is 4.74 Å². The highest BCUT2D eigenvalue weighted by atomic mass is 35.5. The Hall–Kier alpha value is -2.26. The molecule has 0 aliphatic rings. The van der Waals surface area contributed by atoms with Gasteiger partial charge in [-0.2, -0.15) is 13.2 Å². The summed E-state index contributed by atoms with van der Waals surface area (Å²) in [5.74, 6) is 0.0171. The van der Waals surface area contributed by atoms with E-state index in [2.05, 4.69) is 12.6 Å². The predicted molar refractivity (Wildman–Crippen MR) is 87.3 cm³/mol. The maximum Gasteiger partial charge on any atom is 0.416 e. The highest BCUT2D eigenvalue weighted by Crippen LogP contribution is 2.37. The quantitative estimate of drug-likeness (QED) is 0.439. The van der Waals surface area contributed by atoms with Crippen molar-refractivity contribution in [3.63, 3.8) is 0 Å². The second kappa shape index (κ2) is 7.32. The molecule has 5 nitrogen and oxygen atoms in total. The number of hydrogen-bond acceptors (Lipinski definition) is 4. The molecule has 0 heterocycles. The van der Waals surface area contributed by atoms with Crippen LogP contribution in [0.25, 0.3) is 0 Å². The minimum absolute atomic E-state index is 0.0607. The molecule has 2 rings (SSSR count). The Bertz CT molecular complexity index is 842. The molecule has 0 aliphatic heterocycles. The van der Waals surface area contributed by atoms with Crippen molar-refractivity contribution in [3.8, 4) is 11.5 Å². The fourth-order valence-corrected chi connectivity index (χ4v) is 2.38. The molecule has 0 saturated carbocycles. The average Bonchev–Trinajstić information content (AvgIpc) is 2.47. The van der Waals surface area contributed by atoms with Gasteiger partial charge in [-0.1, -0.05) is 11.6 Å². The number of benzene rings is 2. The van der Waals surface area contributed by atoms with Crippen LogP contribution in [0.2, 0.25) is 5.02 Å². The Kier molecular flexibility index (Phi) is 5.58. The number of nitro benzene ring substituents is 1. The van der Waals surface area contributed by atoms with Crippen LogP contribution in [0.5, 0.6) is 11.5 Å². The van der Waals surface area contributed by atoms with Gasteiger partial charge in [0.15, 0.2) is 5.12 Å². The lowest BCUT2D eigenvalue weighted by Crippen LogP contribution is -2.04. The number of halogens is 4. The first-order valence-corrected chi connectivity index (χ1v) is 7.44. The van der Waals surface area contributed by atoms with Crippen LogP contribution in [0.3, 0.4) is 0 Å². The predicted octanol–water partition coefficient (Wildman–Crippen LogP) is 5.06. The molecular weight excluding hydrogens is 383 g/mol. The molecule has 0 amide bonds. The lowest BCUT2D eigenvalue weighted by atomic mass is 10.1. The zero-order chi connectivity index (χ0) is 18.8. The van der Waals surface area contributed by atoms with Crippen molar-refractivity contribution in [2.75, 3.05) is 0 Å². The molecule has 0 N–H and O–H groups in total. The highest BCUT2D eigenvalue weighted by molar-refractivity contribution is 7.96. The fourth-order valence-electron chi connectivity index (χ4n) is 1.99. The Morgan fingerprint density at radius 2 is 1.92 bits per heavy atom. The van der Waals surface area contributed by atoms with Crippen LogP contribution in [0.1, 0.15) is 11.1 Å². The van der Waals surface area contributed by atoms with E-state index in [-0.39, 0.29) is 34.2 Å². The molecule has 10 heteroatoms. The molecule has 0 spiro atoms. The average molecular weight is 392 g/mol. The maximum atomic E-state index is 12.6. The van der Waals surface area contributed by atoms with E-state index in [1.165, 1.54) is 12.1 Å². The van der Waals surface area contributed by atoms with E-state index >= 15 is 0 Å². The Labute approximate surface area is 149 Å². The molecule has 2 aromatic rings. The lowest BCUT2D eigenvalue weighted by molar-refractivity contribution is -0.385. The summed E-state index contributed by atoms with van der Waals surface area (Å²) in [5, 5.41) is 10.1. The highest BCUT2D eigenvalue weighted by Gasteiger charge is 2.31. The largest absolute Gasteiger partial charge is 0.456 e. The van der Waals surface area contributed by atoms with Crippen LogP contribution in [0.15, 0.2) is 36.4 Å². The van der Waals surface area contributed by atoms with E-state index in [4.69, 9.17) is 16.3 Å². The van der Waals surface area contributed by atoms with E-state index in [9.17, 15) is 28.1 Å². The summed E-state index contributed by atoms with van der Waals surface area (Å²) >= 11 is 9.37. The number of carbonyl (C=O) groups excluding carboxylic acids is 1. The van der Waals surface area contributed by atoms with Crippen molar-refractivity contribution in [1.29, 1.82) is 0 Å². The van der Waals surface area contributed by atoms with Crippen LogP contribution >= 0.6 is 24.2 Å². The van der Waals surface area contributed by atoms with Crippen molar-refractivity contribution in [1.82, 2.24) is 0 Å². The summed E-state index contributed by atoms with van der Waals surface area (Å²) in [4.78, 5) is 21.4. The number of alkyl halides is 3. The Balaban J connectivity index is 2.34. The van der Waals surface area contributed by atoms with Gasteiger partial charge in [0.2, 0.25) is 0 Å². The number of thiol groups is 1. The zero-order valence-electron chi connectivity index (χ0n) is 12.2. The van der Waals surface area contributed by atoms with Crippen molar-refractivity contribution in [2.24, 2.45) is 0 Å². The van der Waals surface area contributed by atoms with E-state index in [0.717, 1.165) is 18.2 Å². The SMILES string of the molecule is O=C(S)Cc1cc(Oc2ccc(C(F)(F)F)cc2Cl)ccc1[N+](=O)[O-]. The van der Waals surface area contributed by atoms with Gasteiger partial charge in [-0.25, -0.2) is 0 Å². The van der Waals surface area contributed by atoms with Crippen molar-refractivity contribution >= 4 is 35.0 Å². The van der Waals surface area contributed by atoms with Crippen LogP contribution in [0, 0.1) is 10.1 Å². The molecule has 132 valence electrons. The van der Waals surface area contributed by atoms with Gasteiger partial charge in [0.25, 0.3) is 5.69 Å². The van der Waals surface area contributed by atoms with Crippen LogP contribution in [-0.2, 0) is 17.4 Å². The first-order valence-electron chi connectivity index (χ1n) is 6.61. The maximum absolute atomic E-state index is 12.6. The smallest absolute Gasteiger partial charge is 0.416 e. The molecule has 0 bridgehead atoms. The van der Waals surface area contributed by atoms with Crippen molar-refractivity contribution in [2.45, 2.75) is 12.6 Å². The molecule has 0 aliphatic carbocycles. The number of carbonyl (C=O) groups is 1. The van der Waals surface area contributed by atoms with Crippen LogP contribution in [-0.4, -0.2) is 10.0 Å². The topological polar surface area (TPSA) is 69.4 Å². The van der Waals surface area contributed by atoms with Gasteiger partial charge >= 0.3 is 6.18 Å². The van der Waals surface area contributed by atoms with Gasteiger partial charge in [0.1, 0.15) is 11.5 Å². The second-order valence-corrected chi connectivity index (χ2v) is 5.77. The fraction of sp³-hybridized carbons (Fsp3) is 0.133. The third kappa shape index (κ3) is 4.86. The Morgan fingerprint density at radius 3 is 2.44 bits per heavy atom. The van der Waals surface area contributed by atoms with E-state index < -0.39 is 21.8 Å². The minimum Gasteiger partial charge on any atom is -0.456 e. The number of hydrogen-bond donors (Lipinski definition) is 1. The normalized spacial score (nSPS) is 11.2. The van der Waals surface area contributed by atoms with E-state index in [1.807, 2.05) is 0 Å².